The van der Waals surface area contributed by atoms with Crippen molar-refractivity contribution < 1.29 is 18.7 Å². The van der Waals surface area contributed by atoms with Crippen molar-refractivity contribution in [2.24, 2.45) is 17.8 Å². The van der Waals surface area contributed by atoms with Gasteiger partial charge in [-0.15, -0.1) is 0 Å². The first-order chi connectivity index (χ1) is 17.0. The zero-order valence-corrected chi connectivity index (χ0v) is 20.3. The summed E-state index contributed by atoms with van der Waals surface area (Å²) in [5.74, 6) is 1.09. The van der Waals surface area contributed by atoms with Crippen molar-refractivity contribution in [2.75, 3.05) is 14.2 Å². The number of methoxy groups -OCH3 is 2. The summed E-state index contributed by atoms with van der Waals surface area (Å²) < 4.78 is 26.5. The summed E-state index contributed by atoms with van der Waals surface area (Å²) in [6.45, 7) is 2.59. The van der Waals surface area contributed by atoms with Crippen molar-refractivity contribution in [3.8, 4) is 22.6 Å². The lowest BCUT2D eigenvalue weighted by atomic mass is 9.75. The molecule has 3 aromatic carbocycles. The molecule has 5 heteroatoms. The normalized spacial score (nSPS) is 23.3. The number of ether oxygens (including phenoxy) is 2. The number of amides is 1. The zero-order valence-electron chi connectivity index (χ0n) is 20.3. The molecule has 4 atom stereocenters. The molecule has 5 rings (SSSR count). The van der Waals surface area contributed by atoms with E-state index in [-0.39, 0.29) is 35.5 Å². The Bertz CT molecular complexity index is 1260. The summed E-state index contributed by atoms with van der Waals surface area (Å²) in [6.07, 6.45) is 5.15. The van der Waals surface area contributed by atoms with Crippen LogP contribution in [0.2, 0.25) is 0 Å². The number of likely N-dealkylation sites (tertiary alicyclic amines) is 1. The number of hydrogen-bond donors (Lipinski definition) is 0. The lowest BCUT2D eigenvalue weighted by Crippen LogP contribution is -2.31. The van der Waals surface area contributed by atoms with E-state index in [0.717, 1.165) is 23.1 Å². The first-order valence-corrected chi connectivity index (χ1v) is 12.0. The fourth-order valence-corrected chi connectivity index (χ4v) is 5.64. The second-order valence-corrected chi connectivity index (χ2v) is 9.45. The molecule has 0 spiro atoms. The van der Waals surface area contributed by atoms with E-state index >= 15 is 4.39 Å². The Morgan fingerprint density at radius 1 is 0.943 bits per heavy atom. The molecule has 0 saturated carbocycles. The Morgan fingerprint density at radius 2 is 1.66 bits per heavy atom. The molecule has 1 fully saturated rings. The first-order valence-electron chi connectivity index (χ1n) is 12.0. The van der Waals surface area contributed by atoms with Crippen molar-refractivity contribution in [1.82, 2.24) is 4.90 Å². The molecule has 0 unspecified atom stereocenters. The minimum atomic E-state index is -0.342. The molecule has 2 aliphatic rings. The van der Waals surface area contributed by atoms with Gasteiger partial charge in [-0.1, -0.05) is 67.6 Å². The Balaban J connectivity index is 1.54. The summed E-state index contributed by atoms with van der Waals surface area (Å²) >= 11 is 0. The van der Waals surface area contributed by atoms with E-state index in [1.54, 1.807) is 20.3 Å². The van der Waals surface area contributed by atoms with Crippen LogP contribution in [0, 0.1) is 23.6 Å². The summed E-state index contributed by atoms with van der Waals surface area (Å²) in [5, 5.41) is 0. The summed E-state index contributed by atoms with van der Waals surface area (Å²) in [7, 11) is 3.17. The van der Waals surface area contributed by atoms with E-state index < -0.39 is 0 Å². The van der Waals surface area contributed by atoms with Crippen LogP contribution in [0.4, 0.5) is 4.39 Å². The van der Waals surface area contributed by atoms with E-state index in [9.17, 15) is 4.79 Å². The number of carbonyl (C=O) groups is 1. The maximum atomic E-state index is 15.8. The lowest BCUT2D eigenvalue weighted by Gasteiger charge is -2.30. The van der Waals surface area contributed by atoms with Gasteiger partial charge in [0.15, 0.2) is 11.5 Å². The highest BCUT2D eigenvalue weighted by atomic mass is 19.1. The van der Waals surface area contributed by atoms with Gasteiger partial charge in [-0.05, 0) is 47.2 Å². The van der Waals surface area contributed by atoms with Crippen molar-refractivity contribution in [3.05, 3.63) is 95.8 Å². The van der Waals surface area contributed by atoms with Crippen LogP contribution in [0.5, 0.6) is 11.5 Å². The molecule has 0 bridgehead atoms. The van der Waals surface area contributed by atoms with Crippen molar-refractivity contribution in [1.29, 1.82) is 0 Å². The third-order valence-electron chi connectivity index (χ3n) is 7.39. The molecule has 1 aliphatic carbocycles. The van der Waals surface area contributed by atoms with Gasteiger partial charge in [0, 0.05) is 23.9 Å². The number of hydrogen-bond acceptors (Lipinski definition) is 3. The topological polar surface area (TPSA) is 38.8 Å². The highest BCUT2D eigenvalue weighted by molar-refractivity contribution is 5.83. The third kappa shape index (κ3) is 4.20. The maximum Gasteiger partial charge on any atom is 0.227 e. The minimum Gasteiger partial charge on any atom is -0.493 e. The predicted molar refractivity (Wildman–Crippen MR) is 135 cm³/mol. The molecule has 1 amide bonds. The molecule has 1 saturated heterocycles. The highest BCUT2D eigenvalue weighted by Crippen LogP contribution is 2.49. The standard InChI is InChI=1S/C30H30FNO3/c1-19-8-7-11-24-28(19)30(33)32(18-20-9-5-4-6-10-20)29(24)23-14-12-21(16-25(23)31)22-13-15-26(34-2)27(17-22)35-3/h4-7,9-17,19,24,28-29H,8,18H2,1-3H3/t19-,24+,28+,29-/m0/s1. The quantitative estimate of drug-likeness (QED) is 0.389. The van der Waals surface area contributed by atoms with Crippen molar-refractivity contribution in [3.63, 3.8) is 0 Å². The van der Waals surface area contributed by atoms with Gasteiger partial charge in [-0.3, -0.25) is 4.79 Å². The number of allylic oxidation sites excluding steroid dienone is 1. The van der Waals surface area contributed by atoms with Crippen LogP contribution < -0.4 is 9.47 Å². The monoisotopic (exact) mass is 471 g/mol. The van der Waals surface area contributed by atoms with E-state index in [4.69, 9.17) is 9.47 Å². The first kappa shape index (κ1) is 23.2. The average Bonchev–Trinajstić information content (AvgIpc) is 3.16. The number of rotatable bonds is 6. The molecule has 3 aromatic rings. The van der Waals surface area contributed by atoms with Crippen LogP contribution in [-0.2, 0) is 11.3 Å². The van der Waals surface area contributed by atoms with E-state index in [1.807, 2.05) is 65.6 Å². The number of fused-ring (bicyclic) bond motifs is 1. The van der Waals surface area contributed by atoms with Crippen LogP contribution in [0.15, 0.2) is 78.9 Å². The van der Waals surface area contributed by atoms with Gasteiger partial charge in [0.1, 0.15) is 5.82 Å². The molecule has 180 valence electrons. The summed E-state index contributed by atoms with van der Waals surface area (Å²) in [4.78, 5) is 15.5. The highest BCUT2D eigenvalue weighted by Gasteiger charge is 2.50. The van der Waals surface area contributed by atoms with Gasteiger partial charge < -0.3 is 14.4 Å². The zero-order chi connectivity index (χ0) is 24.5. The minimum absolute atomic E-state index is 0.0450. The van der Waals surface area contributed by atoms with Crippen LogP contribution in [-0.4, -0.2) is 25.0 Å². The van der Waals surface area contributed by atoms with Crippen molar-refractivity contribution in [2.45, 2.75) is 25.9 Å². The fourth-order valence-electron chi connectivity index (χ4n) is 5.64. The Labute approximate surface area is 206 Å². The fraction of sp³-hybridized carbons (Fsp3) is 0.300. The van der Waals surface area contributed by atoms with Crippen LogP contribution >= 0.6 is 0 Å². The number of halogens is 1. The molecule has 0 N–H and O–H groups in total. The van der Waals surface area contributed by atoms with Crippen LogP contribution in [0.25, 0.3) is 11.1 Å². The smallest absolute Gasteiger partial charge is 0.227 e. The predicted octanol–water partition coefficient (Wildman–Crippen LogP) is 6.42. The second kappa shape index (κ2) is 9.57. The molecule has 1 heterocycles. The van der Waals surface area contributed by atoms with E-state index in [2.05, 4.69) is 19.1 Å². The molecular formula is C30H30FNO3. The number of nitrogens with zero attached hydrogens (tertiary/aromatic N) is 1. The second-order valence-electron chi connectivity index (χ2n) is 9.45. The van der Waals surface area contributed by atoms with Gasteiger partial charge in [0.25, 0.3) is 0 Å². The van der Waals surface area contributed by atoms with Crippen LogP contribution in [0.1, 0.15) is 30.5 Å². The molecular weight excluding hydrogens is 441 g/mol. The largest absolute Gasteiger partial charge is 0.493 e. The Hall–Kier alpha value is -3.60. The van der Waals surface area contributed by atoms with Gasteiger partial charge in [0.2, 0.25) is 5.91 Å². The SMILES string of the molecule is COc1ccc(-c2ccc([C@H]3[C@@H]4C=CC[C@H](C)[C@H]4C(=O)N3Cc3ccccc3)c(F)c2)cc1OC. The number of benzene rings is 3. The lowest BCUT2D eigenvalue weighted by molar-refractivity contribution is -0.134. The molecule has 0 aromatic heterocycles. The molecule has 4 nitrogen and oxygen atoms in total. The van der Waals surface area contributed by atoms with Gasteiger partial charge >= 0.3 is 0 Å². The maximum absolute atomic E-state index is 15.8. The third-order valence-corrected chi connectivity index (χ3v) is 7.39. The molecule has 35 heavy (non-hydrogen) atoms. The van der Waals surface area contributed by atoms with Gasteiger partial charge in [0.05, 0.1) is 20.3 Å². The Kier molecular flexibility index (Phi) is 6.33. The average molecular weight is 472 g/mol. The Morgan fingerprint density at radius 3 is 2.37 bits per heavy atom. The summed E-state index contributed by atoms with van der Waals surface area (Å²) in [6, 6.07) is 20.5. The van der Waals surface area contributed by atoms with Crippen molar-refractivity contribution >= 4 is 5.91 Å². The molecule has 1 aliphatic heterocycles. The van der Waals surface area contributed by atoms with E-state index in [1.165, 1.54) is 0 Å². The van der Waals surface area contributed by atoms with Gasteiger partial charge in [-0.25, -0.2) is 4.39 Å². The molecule has 0 radical (unpaired) electrons. The number of carbonyl (C=O) groups excluding carboxylic acids is 1. The van der Waals surface area contributed by atoms with Crippen LogP contribution in [0.3, 0.4) is 0 Å². The van der Waals surface area contributed by atoms with Gasteiger partial charge in [-0.2, -0.15) is 0 Å². The summed E-state index contributed by atoms with van der Waals surface area (Å²) in [5.41, 5.74) is 3.18. The van der Waals surface area contributed by atoms with E-state index in [0.29, 0.717) is 23.6 Å².